The van der Waals surface area contributed by atoms with Gasteiger partial charge in [0, 0.05) is 33.7 Å². The van der Waals surface area contributed by atoms with Gasteiger partial charge >= 0.3 is 5.97 Å². The van der Waals surface area contributed by atoms with E-state index in [0.717, 1.165) is 56.8 Å². The lowest BCUT2D eigenvalue weighted by Gasteiger charge is -2.16. The van der Waals surface area contributed by atoms with E-state index in [4.69, 9.17) is 33.2 Å². The molecule has 0 amide bonds. The van der Waals surface area contributed by atoms with Gasteiger partial charge in [0.05, 0.1) is 88.6 Å². The molecule has 0 saturated carbocycles. The maximum Gasteiger partial charge on any atom is 0.338 e. The fourth-order valence-electron chi connectivity index (χ4n) is 4.73. The highest BCUT2D eigenvalue weighted by atomic mass is 16.6. The Morgan fingerprint density at radius 3 is 1.61 bits per heavy atom. The molecule has 0 aromatic heterocycles. The van der Waals surface area contributed by atoms with Crippen LogP contribution in [0.4, 0.5) is 11.4 Å². The topological polar surface area (TPSA) is 168 Å². The Hall–Kier alpha value is -4.89. The molecule has 0 heterocycles. The number of nitrogens with zero attached hydrogens (tertiary/aromatic N) is 2. The molecule has 0 bridgehead atoms. The number of carbonyl (C=O) groups is 1. The second-order valence-electron chi connectivity index (χ2n) is 9.77. The molecule has 0 atom stereocenters. The largest absolute Gasteiger partial charge is 0.495 e. The number of fused-ring (bicyclic) bond motifs is 2. The number of esters is 1. The summed E-state index contributed by atoms with van der Waals surface area (Å²) in [6.45, 7) is 2.37. The number of non-ortho nitro benzene ring substituents is 2. The number of rotatable bonds is 19. The van der Waals surface area contributed by atoms with Crippen molar-refractivity contribution in [2.24, 2.45) is 0 Å². The SMILES string of the molecule is COc1c2ccccc2c(OC)c2cc(COCCOCCOCCOCCOC(=O)c3cc([N+](=O)[O-])cc([N+](=O)[O-])c3)ccc12. The first kappa shape index (κ1) is 34.0. The van der Waals surface area contributed by atoms with E-state index in [-0.39, 0.29) is 32.0 Å². The molecular formula is C32H34N2O12. The van der Waals surface area contributed by atoms with Crippen molar-refractivity contribution in [2.75, 3.05) is 67.1 Å². The predicted molar refractivity (Wildman–Crippen MR) is 167 cm³/mol. The van der Waals surface area contributed by atoms with Crippen molar-refractivity contribution in [3.8, 4) is 11.5 Å². The van der Waals surface area contributed by atoms with E-state index in [1.807, 2.05) is 36.4 Å². The van der Waals surface area contributed by atoms with Crippen molar-refractivity contribution in [2.45, 2.75) is 6.61 Å². The summed E-state index contributed by atoms with van der Waals surface area (Å²) in [4.78, 5) is 32.4. The number of nitro benzene ring substituents is 2. The number of benzene rings is 4. The maximum absolute atomic E-state index is 12.1. The summed E-state index contributed by atoms with van der Waals surface area (Å²) >= 11 is 0. The zero-order valence-corrected chi connectivity index (χ0v) is 25.4. The van der Waals surface area contributed by atoms with E-state index in [0.29, 0.717) is 33.0 Å². The molecule has 0 N–H and O–H groups in total. The average molecular weight is 639 g/mol. The van der Waals surface area contributed by atoms with Crippen LogP contribution in [-0.2, 0) is 30.3 Å². The lowest BCUT2D eigenvalue weighted by Crippen LogP contribution is -2.15. The van der Waals surface area contributed by atoms with E-state index >= 15 is 0 Å². The molecule has 14 heteroatoms. The third-order valence-electron chi connectivity index (χ3n) is 6.80. The van der Waals surface area contributed by atoms with Gasteiger partial charge in [0.15, 0.2) is 0 Å². The van der Waals surface area contributed by atoms with Crippen LogP contribution in [0.2, 0.25) is 0 Å². The van der Waals surface area contributed by atoms with Crippen LogP contribution < -0.4 is 9.47 Å². The number of ether oxygens (including phenoxy) is 7. The van der Waals surface area contributed by atoms with Crippen molar-refractivity contribution >= 4 is 38.9 Å². The first-order valence-corrected chi connectivity index (χ1v) is 14.3. The molecule has 0 radical (unpaired) electrons. The summed E-state index contributed by atoms with van der Waals surface area (Å²) in [5.74, 6) is 0.664. The molecule has 0 aliphatic carbocycles. The standard InChI is InChI=1S/C32H34N2O12/c1-40-30-26-5-3-4-6-27(26)31(41-2)29-17-22(7-8-28(29)30)21-45-14-13-43-10-9-42-11-12-44-15-16-46-32(35)23-18-24(33(36)37)20-25(19-23)34(38)39/h3-8,17-20H,9-16,21H2,1-2H3. The normalized spacial score (nSPS) is 11.1. The second-order valence-corrected chi connectivity index (χ2v) is 9.77. The van der Waals surface area contributed by atoms with E-state index in [1.54, 1.807) is 14.2 Å². The van der Waals surface area contributed by atoms with E-state index in [1.165, 1.54) is 0 Å². The zero-order chi connectivity index (χ0) is 32.9. The number of carbonyl (C=O) groups excluding carboxylic acids is 1. The Labute approximate surface area is 263 Å². The summed E-state index contributed by atoms with van der Waals surface area (Å²) < 4.78 is 38.6. The molecule has 4 rings (SSSR count). The van der Waals surface area contributed by atoms with Crippen LogP contribution in [-0.4, -0.2) is 82.9 Å². The number of methoxy groups -OCH3 is 2. The summed E-state index contributed by atoms with van der Waals surface area (Å²) in [6.07, 6.45) is 0. The highest BCUT2D eigenvalue weighted by Crippen LogP contribution is 2.42. The molecule has 4 aromatic rings. The van der Waals surface area contributed by atoms with Crippen LogP contribution in [0.15, 0.2) is 60.7 Å². The fourth-order valence-corrected chi connectivity index (χ4v) is 4.73. The molecule has 0 aliphatic heterocycles. The zero-order valence-electron chi connectivity index (χ0n) is 25.4. The van der Waals surface area contributed by atoms with Crippen LogP contribution in [0.1, 0.15) is 15.9 Å². The van der Waals surface area contributed by atoms with Gasteiger partial charge in [0.1, 0.15) is 18.1 Å². The smallest absolute Gasteiger partial charge is 0.338 e. The molecule has 0 fully saturated rings. The van der Waals surface area contributed by atoms with E-state index in [9.17, 15) is 25.0 Å². The first-order chi connectivity index (χ1) is 22.3. The molecule has 0 saturated heterocycles. The van der Waals surface area contributed by atoms with E-state index in [2.05, 4.69) is 6.07 Å². The van der Waals surface area contributed by atoms with Crippen LogP contribution in [0.3, 0.4) is 0 Å². The molecule has 0 unspecified atom stereocenters. The van der Waals surface area contributed by atoms with Gasteiger partial charge in [0.2, 0.25) is 0 Å². The van der Waals surface area contributed by atoms with Gasteiger partial charge in [-0.1, -0.05) is 36.4 Å². The van der Waals surface area contributed by atoms with Crippen molar-refractivity contribution in [1.29, 1.82) is 0 Å². The van der Waals surface area contributed by atoms with E-state index < -0.39 is 27.2 Å². The van der Waals surface area contributed by atoms with Gasteiger partial charge in [0.25, 0.3) is 11.4 Å². The van der Waals surface area contributed by atoms with Crippen LogP contribution in [0.25, 0.3) is 21.5 Å². The predicted octanol–water partition coefficient (Wildman–Crippen LogP) is 5.25. The fraction of sp³-hybridized carbons (Fsp3) is 0.344. The molecule has 14 nitrogen and oxygen atoms in total. The minimum atomic E-state index is -0.931. The van der Waals surface area contributed by atoms with Crippen molar-refractivity contribution in [3.63, 3.8) is 0 Å². The number of hydrogen-bond acceptors (Lipinski definition) is 12. The summed E-state index contributed by atoms with van der Waals surface area (Å²) in [5, 5.41) is 25.8. The molecule has 4 aromatic carbocycles. The van der Waals surface area contributed by atoms with Crippen molar-refractivity contribution < 1.29 is 47.8 Å². The van der Waals surface area contributed by atoms with Crippen molar-refractivity contribution in [1.82, 2.24) is 0 Å². The van der Waals surface area contributed by atoms with Crippen LogP contribution in [0, 0.1) is 20.2 Å². The van der Waals surface area contributed by atoms with Gasteiger partial charge in [-0.3, -0.25) is 20.2 Å². The molecule has 46 heavy (non-hydrogen) atoms. The molecule has 244 valence electrons. The lowest BCUT2D eigenvalue weighted by molar-refractivity contribution is -0.394. The Kier molecular flexibility index (Phi) is 12.5. The van der Waals surface area contributed by atoms with Gasteiger partial charge in [-0.15, -0.1) is 0 Å². The van der Waals surface area contributed by atoms with Gasteiger partial charge < -0.3 is 33.2 Å². The maximum atomic E-state index is 12.1. The van der Waals surface area contributed by atoms with Crippen LogP contribution >= 0.6 is 0 Å². The quantitative estimate of drug-likeness (QED) is 0.0431. The second kappa shape index (κ2) is 17.0. The summed E-state index contributed by atoms with van der Waals surface area (Å²) in [5.41, 5.74) is -0.457. The summed E-state index contributed by atoms with van der Waals surface area (Å²) in [7, 11) is 3.33. The minimum Gasteiger partial charge on any atom is -0.495 e. The average Bonchev–Trinajstić information content (AvgIpc) is 3.06. The highest BCUT2D eigenvalue weighted by molar-refractivity contribution is 6.11. The Balaban J connectivity index is 1.07. The third kappa shape index (κ3) is 8.85. The number of hydrogen-bond donors (Lipinski definition) is 0. The number of nitro groups is 2. The van der Waals surface area contributed by atoms with Gasteiger partial charge in [-0.05, 0) is 11.6 Å². The van der Waals surface area contributed by atoms with Gasteiger partial charge in [-0.25, -0.2) is 4.79 Å². The Bertz CT molecular complexity index is 1640. The van der Waals surface area contributed by atoms with Crippen molar-refractivity contribution in [3.05, 3.63) is 92.0 Å². The molecule has 0 spiro atoms. The minimum absolute atomic E-state index is 0.0497. The summed E-state index contributed by atoms with van der Waals surface area (Å²) in [6, 6.07) is 16.6. The van der Waals surface area contributed by atoms with Crippen LogP contribution in [0.5, 0.6) is 11.5 Å². The lowest BCUT2D eigenvalue weighted by atomic mass is 9.99. The molecule has 0 aliphatic rings. The highest BCUT2D eigenvalue weighted by Gasteiger charge is 2.21. The Morgan fingerprint density at radius 2 is 1.09 bits per heavy atom. The van der Waals surface area contributed by atoms with Gasteiger partial charge in [-0.2, -0.15) is 0 Å². The Morgan fingerprint density at radius 1 is 0.609 bits per heavy atom. The third-order valence-corrected chi connectivity index (χ3v) is 6.80. The first-order valence-electron chi connectivity index (χ1n) is 14.3. The monoisotopic (exact) mass is 638 g/mol. The molecular weight excluding hydrogens is 604 g/mol.